The molecule has 1 aromatic heterocycles. The summed E-state index contributed by atoms with van der Waals surface area (Å²) < 4.78 is 5.63. The summed E-state index contributed by atoms with van der Waals surface area (Å²) in [6.45, 7) is 8.25. The number of aromatic nitrogens is 1. The van der Waals surface area contributed by atoms with E-state index < -0.39 is 0 Å². The molecule has 0 aliphatic rings. The number of allylic oxidation sites excluding steroid dienone is 4. The maximum atomic E-state index is 5.63. The van der Waals surface area contributed by atoms with Gasteiger partial charge in [-0.3, -0.25) is 5.01 Å². The van der Waals surface area contributed by atoms with Crippen LogP contribution in [0.25, 0.3) is 10.9 Å². The molecule has 1 N–H and O–H groups in total. The third kappa shape index (κ3) is 5.22. The van der Waals surface area contributed by atoms with Crippen molar-refractivity contribution in [2.45, 2.75) is 26.7 Å². The van der Waals surface area contributed by atoms with Crippen LogP contribution in [0.2, 0.25) is 0 Å². The van der Waals surface area contributed by atoms with Gasteiger partial charge in [0.05, 0.1) is 12.6 Å². The number of fused-ring (bicyclic) bond motifs is 1. The highest BCUT2D eigenvalue weighted by Crippen LogP contribution is 2.31. The van der Waals surface area contributed by atoms with Gasteiger partial charge in [-0.1, -0.05) is 37.3 Å². The third-order valence-electron chi connectivity index (χ3n) is 4.49. The first-order chi connectivity index (χ1) is 13.5. The number of hydrazone groups is 1. The first-order valence-electron chi connectivity index (χ1n) is 9.42. The summed E-state index contributed by atoms with van der Waals surface area (Å²) in [5.74, 6) is 0.681. The fourth-order valence-electron chi connectivity index (χ4n) is 3.09. The number of pyridine rings is 1. The summed E-state index contributed by atoms with van der Waals surface area (Å²) in [6.07, 6.45) is 11.0. The molecule has 1 aromatic carbocycles. The van der Waals surface area contributed by atoms with E-state index in [2.05, 4.69) is 49.0 Å². The van der Waals surface area contributed by atoms with Crippen molar-refractivity contribution in [1.29, 1.82) is 0 Å². The van der Waals surface area contributed by atoms with Crippen LogP contribution < -0.4 is 10.1 Å². The highest BCUT2D eigenvalue weighted by atomic mass is 16.5. The molecular weight excluding hydrogens is 348 g/mol. The van der Waals surface area contributed by atoms with Crippen molar-refractivity contribution in [1.82, 2.24) is 15.3 Å². The van der Waals surface area contributed by atoms with E-state index in [0.717, 1.165) is 23.1 Å². The summed E-state index contributed by atoms with van der Waals surface area (Å²) in [5.41, 5.74) is 5.68. The fraction of sp³-hybridized carbons (Fsp3) is 0.304. The molecule has 0 radical (unpaired) electrons. The Labute approximate surface area is 168 Å². The number of nitrogens with one attached hydrogen (secondary N) is 1. The molecule has 0 aliphatic carbocycles. The predicted octanol–water partition coefficient (Wildman–Crippen LogP) is 4.38. The molecule has 5 heteroatoms. The second-order valence-electron chi connectivity index (χ2n) is 6.52. The SMILES string of the molecule is C=C/C(=C\C=C\N(C)/N=C\NC)Cc1c(OC)nc2ccc(C)cc2c1CC. The number of hydrogen-bond acceptors (Lipinski definition) is 4. The van der Waals surface area contributed by atoms with Gasteiger partial charge in [0.15, 0.2) is 0 Å². The van der Waals surface area contributed by atoms with Gasteiger partial charge in [0.25, 0.3) is 0 Å². The number of ether oxygens (including phenoxy) is 1. The smallest absolute Gasteiger partial charge is 0.217 e. The Morgan fingerprint density at radius 3 is 2.79 bits per heavy atom. The summed E-state index contributed by atoms with van der Waals surface area (Å²) in [5, 5.41) is 9.96. The molecule has 0 aliphatic heterocycles. The van der Waals surface area contributed by atoms with E-state index in [0.29, 0.717) is 12.3 Å². The molecule has 0 atom stereocenters. The monoisotopic (exact) mass is 378 g/mol. The van der Waals surface area contributed by atoms with E-state index in [9.17, 15) is 0 Å². The number of rotatable bonds is 9. The second kappa shape index (κ2) is 10.3. The van der Waals surface area contributed by atoms with Gasteiger partial charge in [-0.15, -0.1) is 0 Å². The lowest BCUT2D eigenvalue weighted by atomic mass is 9.94. The van der Waals surface area contributed by atoms with Gasteiger partial charge in [0.2, 0.25) is 5.88 Å². The maximum absolute atomic E-state index is 5.63. The zero-order valence-corrected chi connectivity index (χ0v) is 17.5. The Morgan fingerprint density at radius 1 is 1.36 bits per heavy atom. The number of benzene rings is 1. The van der Waals surface area contributed by atoms with Gasteiger partial charge in [-0.2, -0.15) is 5.10 Å². The average molecular weight is 379 g/mol. The summed E-state index contributed by atoms with van der Waals surface area (Å²) >= 11 is 0. The highest BCUT2D eigenvalue weighted by Gasteiger charge is 2.15. The lowest BCUT2D eigenvalue weighted by molar-refractivity contribution is 0.394. The van der Waals surface area contributed by atoms with Gasteiger partial charge in [-0.05, 0) is 42.7 Å². The van der Waals surface area contributed by atoms with Crippen molar-refractivity contribution < 1.29 is 4.74 Å². The predicted molar refractivity (Wildman–Crippen MR) is 119 cm³/mol. The first-order valence-corrected chi connectivity index (χ1v) is 9.42. The molecule has 0 amide bonds. The molecule has 28 heavy (non-hydrogen) atoms. The van der Waals surface area contributed by atoms with E-state index in [1.165, 1.54) is 16.5 Å². The largest absolute Gasteiger partial charge is 0.481 e. The van der Waals surface area contributed by atoms with Crippen LogP contribution in [-0.4, -0.2) is 37.5 Å². The van der Waals surface area contributed by atoms with E-state index in [1.807, 2.05) is 38.5 Å². The molecule has 148 valence electrons. The Hall–Kier alpha value is -3.08. The highest BCUT2D eigenvalue weighted by molar-refractivity contribution is 5.85. The van der Waals surface area contributed by atoms with Crippen molar-refractivity contribution in [2.75, 3.05) is 21.2 Å². The minimum absolute atomic E-state index is 0.681. The van der Waals surface area contributed by atoms with E-state index in [-0.39, 0.29) is 0 Å². The van der Waals surface area contributed by atoms with Crippen LogP contribution in [0.5, 0.6) is 5.88 Å². The Kier molecular flexibility index (Phi) is 7.81. The molecule has 0 saturated carbocycles. The van der Waals surface area contributed by atoms with Crippen molar-refractivity contribution in [3.05, 3.63) is 71.5 Å². The average Bonchev–Trinajstić information content (AvgIpc) is 2.70. The van der Waals surface area contributed by atoms with Gasteiger partial charge < -0.3 is 10.1 Å². The van der Waals surface area contributed by atoms with Crippen LogP contribution in [0.4, 0.5) is 0 Å². The molecular formula is C23H30N4O. The van der Waals surface area contributed by atoms with E-state index >= 15 is 0 Å². The summed E-state index contributed by atoms with van der Waals surface area (Å²) in [4.78, 5) is 4.74. The molecule has 5 nitrogen and oxygen atoms in total. The van der Waals surface area contributed by atoms with Crippen LogP contribution in [0.1, 0.15) is 23.6 Å². The fourth-order valence-corrected chi connectivity index (χ4v) is 3.09. The number of aryl methyl sites for hydroxylation is 2. The van der Waals surface area contributed by atoms with Crippen molar-refractivity contribution in [2.24, 2.45) is 5.10 Å². The normalized spacial score (nSPS) is 12.1. The minimum atomic E-state index is 0.681. The number of hydrogen-bond donors (Lipinski definition) is 1. The number of methoxy groups -OCH3 is 1. The third-order valence-corrected chi connectivity index (χ3v) is 4.49. The topological polar surface area (TPSA) is 49.8 Å². The molecule has 2 aromatic rings. The van der Waals surface area contributed by atoms with Crippen LogP contribution >= 0.6 is 0 Å². The minimum Gasteiger partial charge on any atom is -0.481 e. The molecule has 0 fully saturated rings. The molecule has 0 spiro atoms. The van der Waals surface area contributed by atoms with E-state index in [1.54, 1.807) is 18.5 Å². The Bertz CT molecular complexity index is 912. The van der Waals surface area contributed by atoms with Crippen molar-refractivity contribution >= 4 is 17.2 Å². The molecule has 1 heterocycles. The van der Waals surface area contributed by atoms with Gasteiger partial charge in [0, 0.05) is 37.7 Å². The maximum Gasteiger partial charge on any atom is 0.217 e. The van der Waals surface area contributed by atoms with Crippen LogP contribution in [0.15, 0.2) is 59.9 Å². The lowest BCUT2D eigenvalue weighted by Gasteiger charge is -2.16. The van der Waals surface area contributed by atoms with Crippen LogP contribution in [0, 0.1) is 6.92 Å². The van der Waals surface area contributed by atoms with Gasteiger partial charge >= 0.3 is 0 Å². The first kappa shape index (κ1) is 21.2. The zero-order valence-electron chi connectivity index (χ0n) is 17.5. The summed E-state index contributed by atoms with van der Waals surface area (Å²) in [7, 11) is 5.37. The quantitative estimate of drug-likeness (QED) is 0.304. The Morgan fingerprint density at radius 2 is 2.14 bits per heavy atom. The lowest BCUT2D eigenvalue weighted by Crippen LogP contribution is -2.08. The second-order valence-corrected chi connectivity index (χ2v) is 6.52. The standard InChI is InChI=1S/C23H30N4O/c1-7-18(10-9-13-27(5)25-16-24-4)15-21-19(8-2)20-14-17(3)11-12-22(20)26-23(21)28-6/h7,9-14,16H,1,8,15H2,2-6H3,(H,24,25)/b13-9+,18-10+. The molecule has 0 saturated heterocycles. The van der Waals surface area contributed by atoms with Crippen LogP contribution in [0.3, 0.4) is 0 Å². The molecule has 0 bridgehead atoms. The molecule has 2 rings (SSSR count). The summed E-state index contributed by atoms with van der Waals surface area (Å²) in [6, 6.07) is 6.35. The molecule has 0 unspecified atom stereocenters. The van der Waals surface area contributed by atoms with Crippen molar-refractivity contribution in [3.63, 3.8) is 0 Å². The van der Waals surface area contributed by atoms with E-state index in [4.69, 9.17) is 9.72 Å². The van der Waals surface area contributed by atoms with Crippen molar-refractivity contribution in [3.8, 4) is 5.88 Å². The number of nitrogens with zero attached hydrogens (tertiary/aromatic N) is 3. The Balaban J connectivity index is 2.42. The van der Waals surface area contributed by atoms with Gasteiger partial charge in [0.1, 0.15) is 6.34 Å². The van der Waals surface area contributed by atoms with Gasteiger partial charge in [-0.25, -0.2) is 4.98 Å². The van der Waals surface area contributed by atoms with Crippen LogP contribution in [-0.2, 0) is 12.8 Å². The zero-order chi connectivity index (χ0) is 20.5.